The molecule has 0 saturated heterocycles. The summed E-state index contributed by atoms with van der Waals surface area (Å²) in [4.78, 5) is 53.0. The number of nitrogens with zero attached hydrogens (tertiary/aromatic N) is 1. The third-order valence-electron chi connectivity index (χ3n) is 7.27. The lowest BCUT2D eigenvalue weighted by molar-refractivity contribution is -0.123. The summed E-state index contributed by atoms with van der Waals surface area (Å²) in [5.74, 6) is -0.463. The Morgan fingerprint density at radius 2 is 1.65 bits per heavy atom. The van der Waals surface area contributed by atoms with Crippen LogP contribution >= 0.6 is 11.6 Å². The summed E-state index contributed by atoms with van der Waals surface area (Å²) in [5.41, 5.74) is 1.40. The predicted octanol–water partition coefficient (Wildman–Crippen LogP) is 6.34. The van der Waals surface area contributed by atoms with Crippen LogP contribution in [0.25, 0.3) is 0 Å². The van der Waals surface area contributed by atoms with Gasteiger partial charge in [-0.05, 0) is 87.6 Å². The monoisotopic (exact) mass is 648 g/mol. The molecule has 1 aliphatic carbocycles. The molecule has 0 heterocycles. The minimum atomic E-state index is -0.656. The predicted molar refractivity (Wildman–Crippen MR) is 178 cm³/mol. The largest absolute Gasteiger partial charge is 0.482 e. The molecule has 10 nitrogen and oxygen atoms in total. The first kappa shape index (κ1) is 34.3. The van der Waals surface area contributed by atoms with Crippen molar-refractivity contribution in [1.82, 2.24) is 10.6 Å². The summed E-state index contributed by atoms with van der Waals surface area (Å²) in [5, 5.41) is 8.70. The molecule has 4 rings (SSSR count). The van der Waals surface area contributed by atoms with Crippen molar-refractivity contribution in [1.29, 1.82) is 0 Å². The van der Waals surface area contributed by atoms with Crippen molar-refractivity contribution >= 4 is 46.8 Å². The fourth-order valence-corrected chi connectivity index (χ4v) is 5.33. The Morgan fingerprint density at radius 1 is 0.913 bits per heavy atom. The second kappa shape index (κ2) is 16.1. The van der Waals surface area contributed by atoms with E-state index in [9.17, 15) is 19.2 Å². The first-order valence-electron chi connectivity index (χ1n) is 15.4. The molecule has 1 fully saturated rings. The highest BCUT2D eigenvalue weighted by Gasteiger charge is 2.26. The van der Waals surface area contributed by atoms with Crippen molar-refractivity contribution in [2.45, 2.75) is 58.6 Å². The summed E-state index contributed by atoms with van der Waals surface area (Å²) in [7, 11) is 0. The van der Waals surface area contributed by atoms with Crippen LogP contribution in [-0.4, -0.2) is 49.1 Å². The Morgan fingerprint density at radius 3 is 2.39 bits per heavy atom. The number of ether oxygens (including phenoxy) is 2. The second-order valence-electron chi connectivity index (χ2n) is 12.2. The molecule has 1 aliphatic rings. The van der Waals surface area contributed by atoms with Crippen molar-refractivity contribution in [3.8, 4) is 5.75 Å². The lowest BCUT2D eigenvalue weighted by atomic mass is 10.1. The van der Waals surface area contributed by atoms with Gasteiger partial charge in [-0.3, -0.25) is 9.59 Å². The van der Waals surface area contributed by atoms with Crippen LogP contribution in [0.3, 0.4) is 0 Å². The molecule has 0 atom stereocenters. The number of nitrogens with one attached hydrogen (secondary N) is 3. The average molecular weight is 649 g/mol. The van der Waals surface area contributed by atoms with Gasteiger partial charge < -0.3 is 30.3 Å². The number of hydrogen-bond acceptors (Lipinski definition) is 6. The van der Waals surface area contributed by atoms with Gasteiger partial charge in [0.1, 0.15) is 11.4 Å². The van der Waals surface area contributed by atoms with Crippen LogP contribution in [-0.2, 0) is 20.9 Å². The highest BCUT2D eigenvalue weighted by molar-refractivity contribution is 6.30. The summed E-state index contributed by atoms with van der Waals surface area (Å²) in [6.07, 6.45) is 4.20. The standard InChI is InChI=1S/C35H41ClN4O6/c1-35(2,3)46-33(43)26-13-9-15-28(19-26)39-34(44)38-21-32(42)40(22-24-10-4-5-11-24)29-16-6-7-17-30(29)45-23-31(41)37-20-25-12-8-14-27(36)18-25/h6-9,12-19,24H,4-5,10-11,20-23H2,1-3H3,(H,37,41)(H2,38,39,44). The molecule has 46 heavy (non-hydrogen) atoms. The van der Waals surface area contributed by atoms with E-state index in [4.69, 9.17) is 21.1 Å². The van der Waals surface area contributed by atoms with Gasteiger partial charge in [-0.1, -0.05) is 54.8 Å². The maximum Gasteiger partial charge on any atom is 0.338 e. The molecule has 11 heteroatoms. The summed E-state index contributed by atoms with van der Waals surface area (Å²) in [6, 6.07) is 20.1. The SMILES string of the molecule is CC(C)(C)OC(=O)c1cccc(NC(=O)NCC(=O)N(CC2CCCC2)c2ccccc2OCC(=O)NCc2cccc(Cl)c2)c1. The van der Waals surface area contributed by atoms with Crippen molar-refractivity contribution in [2.24, 2.45) is 5.92 Å². The van der Waals surface area contributed by atoms with Crippen LogP contribution in [0.5, 0.6) is 5.75 Å². The molecule has 3 N–H and O–H groups in total. The van der Waals surface area contributed by atoms with Gasteiger partial charge in [-0.15, -0.1) is 0 Å². The number of carbonyl (C=O) groups excluding carboxylic acids is 4. The summed E-state index contributed by atoms with van der Waals surface area (Å²) >= 11 is 6.03. The highest BCUT2D eigenvalue weighted by atomic mass is 35.5. The molecule has 3 aromatic rings. The van der Waals surface area contributed by atoms with Gasteiger partial charge in [0, 0.05) is 23.8 Å². The Bertz CT molecular complexity index is 1530. The van der Waals surface area contributed by atoms with Crippen LogP contribution in [0.4, 0.5) is 16.2 Å². The highest BCUT2D eigenvalue weighted by Crippen LogP contribution is 2.32. The first-order chi connectivity index (χ1) is 22.0. The number of halogens is 1. The van der Waals surface area contributed by atoms with Crippen molar-refractivity contribution < 1.29 is 28.7 Å². The lowest BCUT2D eigenvalue weighted by Crippen LogP contribution is -2.43. The maximum absolute atomic E-state index is 13.6. The van der Waals surface area contributed by atoms with Gasteiger partial charge in [0.15, 0.2) is 6.61 Å². The molecule has 0 spiro atoms. The normalized spacial score (nSPS) is 13.0. The van der Waals surface area contributed by atoms with E-state index in [-0.39, 0.29) is 25.0 Å². The number of benzene rings is 3. The molecule has 1 saturated carbocycles. The fourth-order valence-electron chi connectivity index (χ4n) is 5.12. The van der Waals surface area contributed by atoms with Gasteiger partial charge in [0.2, 0.25) is 5.91 Å². The lowest BCUT2D eigenvalue weighted by Gasteiger charge is -2.28. The van der Waals surface area contributed by atoms with E-state index in [0.717, 1.165) is 31.2 Å². The van der Waals surface area contributed by atoms with Gasteiger partial charge >= 0.3 is 12.0 Å². The van der Waals surface area contributed by atoms with Crippen molar-refractivity contribution in [3.63, 3.8) is 0 Å². The van der Waals surface area contributed by atoms with Gasteiger partial charge in [-0.2, -0.15) is 0 Å². The number of amides is 4. The first-order valence-corrected chi connectivity index (χ1v) is 15.8. The van der Waals surface area contributed by atoms with Crippen LogP contribution in [0.15, 0.2) is 72.8 Å². The smallest absolute Gasteiger partial charge is 0.338 e. The van der Waals surface area contributed by atoms with Crippen molar-refractivity contribution in [2.75, 3.05) is 29.9 Å². The zero-order valence-corrected chi connectivity index (χ0v) is 27.2. The number of urea groups is 1. The van der Waals surface area contributed by atoms with E-state index >= 15 is 0 Å². The van der Waals surface area contributed by atoms with Gasteiger partial charge in [-0.25, -0.2) is 9.59 Å². The zero-order chi connectivity index (χ0) is 33.1. The van der Waals surface area contributed by atoms with Crippen LogP contribution in [0, 0.1) is 5.92 Å². The minimum Gasteiger partial charge on any atom is -0.482 e. The van der Waals surface area contributed by atoms with E-state index in [1.807, 2.05) is 12.1 Å². The quantitative estimate of drug-likeness (QED) is 0.197. The van der Waals surface area contributed by atoms with Crippen LogP contribution < -0.4 is 25.6 Å². The molecule has 3 aromatic carbocycles. The number of para-hydroxylation sites is 2. The minimum absolute atomic E-state index is 0.244. The van der Waals surface area contributed by atoms with Crippen LogP contribution in [0.1, 0.15) is 62.4 Å². The summed E-state index contributed by atoms with van der Waals surface area (Å²) in [6.45, 7) is 5.57. The molecular formula is C35H41ClN4O6. The topological polar surface area (TPSA) is 126 Å². The molecular weight excluding hydrogens is 608 g/mol. The van der Waals surface area contributed by atoms with E-state index in [1.165, 1.54) is 6.07 Å². The second-order valence-corrected chi connectivity index (χ2v) is 12.6. The molecule has 244 valence electrons. The Balaban J connectivity index is 1.38. The van der Waals surface area contributed by atoms with Crippen LogP contribution in [0.2, 0.25) is 5.02 Å². The molecule has 0 aromatic heterocycles. The van der Waals surface area contributed by atoms with E-state index in [1.54, 1.807) is 80.3 Å². The molecule has 0 radical (unpaired) electrons. The third-order valence-corrected chi connectivity index (χ3v) is 7.50. The number of anilines is 2. The number of rotatable bonds is 12. The van der Waals surface area contributed by atoms with E-state index in [0.29, 0.717) is 46.7 Å². The maximum atomic E-state index is 13.6. The molecule has 0 unspecified atom stereocenters. The fraction of sp³-hybridized carbons (Fsp3) is 0.371. The number of hydrogen-bond donors (Lipinski definition) is 3. The van der Waals surface area contributed by atoms with E-state index < -0.39 is 17.6 Å². The number of esters is 1. The number of carbonyl (C=O) groups is 4. The van der Waals surface area contributed by atoms with Crippen molar-refractivity contribution in [3.05, 3.63) is 88.9 Å². The van der Waals surface area contributed by atoms with Gasteiger partial charge in [0.05, 0.1) is 17.8 Å². The third kappa shape index (κ3) is 10.8. The molecule has 4 amide bonds. The summed E-state index contributed by atoms with van der Waals surface area (Å²) < 4.78 is 11.3. The Hall–Kier alpha value is -4.57. The van der Waals surface area contributed by atoms with E-state index in [2.05, 4.69) is 16.0 Å². The average Bonchev–Trinajstić information content (AvgIpc) is 3.53. The van der Waals surface area contributed by atoms with Gasteiger partial charge in [0.25, 0.3) is 5.91 Å². The molecule has 0 bridgehead atoms. The zero-order valence-electron chi connectivity index (χ0n) is 26.4. The Labute approximate surface area is 274 Å². The molecule has 0 aliphatic heterocycles. The Kier molecular flexibility index (Phi) is 12.0.